The smallest absolute Gasteiger partial charge is 0.0165 e. The van der Waals surface area contributed by atoms with E-state index in [2.05, 4.69) is 397 Å². The lowest BCUT2D eigenvalue weighted by Crippen LogP contribution is -2.15. The van der Waals surface area contributed by atoms with E-state index in [1.165, 1.54) is 187 Å². The molecule has 636 valence electrons. The van der Waals surface area contributed by atoms with Crippen LogP contribution in [0.2, 0.25) is 0 Å². The van der Waals surface area contributed by atoms with Gasteiger partial charge in [0.05, 0.1) is 0 Å². The monoisotopic (exact) mass is 1620 g/mol. The van der Waals surface area contributed by atoms with Crippen LogP contribution in [0, 0.1) is 0 Å². The van der Waals surface area contributed by atoms with Crippen molar-refractivity contribution in [1.29, 1.82) is 0 Å². The normalized spacial score (nSPS) is 13.1. The van der Waals surface area contributed by atoms with Crippen molar-refractivity contribution < 1.29 is 0 Å². The average Bonchev–Trinajstić information content (AvgIpc) is 1.56. The molecule has 0 aromatic heterocycles. The van der Waals surface area contributed by atoms with Gasteiger partial charge in [-0.15, -0.1) is 0 Å². The van der Waals surface area contributed by atoms with Gasteiger partial charge < -0.3 is 0 Å². The highest BCUT2D eigenvalue weighted by Gasteiger charge is 2.41. The van der Waals surface area contributed by atoms with Crippen molar-refractivity contribution in [2.75, 3.05) is 0 Å². The lowest BCUT2D eigenvalue weighted by molar-refractivity contribution is 0.660. The lowest BCUT2D eigenvalue weighted by Gasteiger charge is -2.23. The second kappa shape index (κ2) is 43.6. The fourth-order valence-electron chi connectivity index (χ4n) is 18.8. The van der Waals surface area contributed by atoms with Crippen molar-refractivity contribution in [2.45, 2.75) is 235 Å². The molecule has 17 aromatic carbocycles. The lowest BCUT2D eigenvalue weighted by atomic mass is 9.80. The Balaban J connectivity index is 0.000000182. The Hall–Kier alpha value is -11.4. The molecule has 22 rings (SSSR count). The molecule has 0 aliphatic heterocycles. The van der Waals surface area contributed by atoms with E-state index >= 15 is 0 Å². The van der Waals surface area contributed by atoms with Gasteiger partial charge in [0.2, 0.25) is 0 Å². The molecular weight excluding hydrogens is 1480 g/mol. The molecule has 0 N–H and O–H groups in total. The molecule has 0 heterocycles. The largest absolute Gasteiger partial charge is 0.0683 e. The van der Waals surface area contributed by atoms with Crippen LogP contribution in [0.25, 0.3) is 131 Å². The zero-order valence-electron chi connectivity index (χ0n) is 80.7. The van der Waals surface area contributed by atoms with Gasteiger partial charge in [-0.1, -0.05) is 487 Å². The van der Waals surface area contributed by atoms with Crippen LogP contribution in [0.5, 0.6) is 0 Å². The summed E-state index contributed by atoms with van der Waals surface area (Å²) in [5.41, 5.74) is 29.0. The highest BCUT2D eigenvalue weighted by atomic mass is 14.4. The van der Waals surface area contributed by atoms with Crippen molar-refractivity contribution >= 4 is 75.4 Å². The van der Waals surface area contributed by atoms with Crippen molar-refractivity contribution in [3.05, 3.63) is 383 Å². The van der Waals surface area contributed by atoms with E-state index in [1.807, 2.05) is 138 Å². The van der Waals surface area contributed by atoms with Gasteiger partial charge in [-0.25, -0.2) is 0 Å². The molecule has 0 bridgehead atoms. The Labute approximate surface area is 744 Å². The van der Waals surface area contributed by atoms with Gasteiger partial charge in [0.1, 0.15) is 0 Å². The first-order valence-corrected chi connectivity index (χ1v) is 46.9. The van der Waals surface area contributed by atoms with Gasteiger partial charge in [0.25, 0.3) is 0 Å². The molecule has 0 spiro atoms. The fraction of sp³-hybridized carbons (Fsp3) is 0.285. The first-order chi connectivity index (χ1) is 59.9. The van der Waals surface area contributed by atoms with Crippen LogP contribution < -0.4 is 0 Å². The summed E-state index contributed by atoms with van der Waals surface area (Å²) < 4.78 is 0. The SMILES string of the molecule is CC.CC.CC.CC.CC.CC.CC.CC.CC.CC.CC1(C)c2ccccc2-c2c1ccc1cc3ccccc3cc21.CC1(C)c2ccccc2-c2c1ccc1ccccc21.CC1(C)c2ccccc2-c2cc3cc4ccccc4cc3cc21.CC1(C)c2ccccc2-c2cc3ccccc3cc21.CC1(C)c2ccccc2-c2ccc3ccccc3c21. The van der Waals surface area contributed by atoms with E-state index < -0.39 is 0 Å². The molecule has 0 nitrogen and oxygen atoms in total. The Bertz CT molecular complexity index is 6290. The average molecular weight is 1620 g/mol. The van der Waals surface area contributed by atoms with Gasteiger partial charge in [-0.05, 0) is 235 Å². The van der Waals surface area contributed by atoms with Crippen LogP contribution in [0.3, 0.4) is 0 Å². The Morgan fingerprint density at radius 3 is 0.789 bits per heavy atom. The summed E-state index contributed by atoms with van der Waals surface area (Å²) in [5, 5.41) is 18.7. The summed E-state index contributed by atoms with van der Waals surface area (Å²) in [4.78, 5) is 0. The number of hydrogen-bond donors (Lipinski definition) is 0. The maximum Gasteiger partial charge on any atom is 0.0165 e. The van der Waals surface area contributed by atoms with Crippen LogP contribution in [-0.4, -0.2) is 0 Å². The molecule has 0 atom stereocenters. The molecule has 0 saturated carbocycles. The van der Waals surface area contributed by atoms with E-state index in [0.717, 1.165) is 0 Å². The van der Waals surface area contributed by atoms with Crippen molar-refractivity contribution in [3.8, 4) is 55.6 Å². The molecule has 0 heteroatoms. The van der Waals surface area contributed by atoms with E-state index in [4.69, 9.17) is 0 Å². The van der Waals surface area contributed by atoms with Crippen LogP contribution in [0.4, 0.5) is 0 Å². The van der Waals surface area contributed by atoms with Crippen molar-refractivity contribution in [3.63, 3.8) is 0 Å². The molecule has 123 heavy (non-hydrogen) atoms. The van der Waals surface area contributed by atoms with Crippen molar-refractivity contribution in [1.82, 2.24) is 0 Å². The maximum absolute atomic E-state index is 2.40. The highest BCUT2D eigenvalue weighted by Crippen LogP contribution is 2.56. The zero-order chi connectivity index (χ0) is 90.3. The predicted octanol–water partition coefficient (Wildman–Crippen LogP) is 38.3. The molecule has 0 saturated heterocycles. The summed E-state index contributed by atoms with van der Waals surface area (Å²) in [6.07, 6.45) is 0. The number of benzene rings is 17. The minimum Gasteiger partial charge on any atom is -0.0683 e. The minimum absolute atomic E-state index is 0.0752. The first-order valence-electron chi connectivity index (χ1n) is 46.9. The molecule has 0 radical (unpaired) electrons. The summed E-state index contributed by atoms with van der Waals surface area (Å²) in [6, 6.07) is 120. The second-order valence-electron chi connectivity index (χ2n) is 31.9. The summed E-state index contributed by atoms with van der Waals surface area (Å²) in [5.74, 6) is 0. The fourth-order valence-corrected chi connectivity index (χ4v) is 18.8. The molecule has 5 aliphatic carbocycles. The van der Waals surface area contributed by atoms with E-state index in [1.54, 1.807) is 0 Å². The van der Waals surface area contributed by atoms with Gasteiger partial charge in [0, 0.05) is 27.1 Å². The van der Waals surface area contributed by atoms with Crippen LogP contribution >= 0.6 is 0 Å². The van der Waals surface area contributed by atoms with E-state index in [0.29, 0.717) is 0 Å². The Morgan fingerprint density at radius 2 is 0.374 bits per heavy atom. The third kappa shape index (κ3) is 18.5. The number of hydrogen-bond acceptors (Lipinski definition) is 0. The highest BCUT2D eigenvalue weighted by molar-refractivity contribution is 6.09. The molecule has 17 aromatic rings. The van der Waals surface area contributed by atoms with Crippen molar-refractivity contribution in [2.24, 2.45) is 0 Å². The first kappa shape index (κ1) is 97.0. The second-order valence-corrected chi connectivity index (χ2v) is 31.9. The molecule has 0 fully saturated rings. The summed E-state index contributed by atoms with van der Waals surface area (Å²) >= 11 is 0. The van der Waals surface area contributed by atoms with E-state index in [-0.39, 0.29) is 27.1 Å². The summed E-state index contributed by atoms with van der Waals surface area (Å²) in [6.45, 7) is 63.3. The van der Waals surface area contributed by atoms with Gasteiger partial charge in [0.15, 0.2) is 0 Å². The quantitative estimate of drug-likeness (QED) is 0.133. The van der Waals surface area contributed by atoms with Crippen LogP contribution in [0.1, 0.15) is 263 Å². The number of fused-ring (bicyclic) bond motifs is 25. The van der Waals surface area contributed by atoms with Gasteiger partial charge >= 0.3 is 0 Å². The topological polar surface area (TPSA) is 0 Å². The molecule has 0 unspecified atom stereocenters. The standard InChI is InChI=1S/2C23H18.3C19H16.10C2H6/c1-23(2)21-10-6-5-9-19(21)20-13-17-11-15-7-3-4-8-16(15)12-18(17)14-22(20)23;1-23(2)20-10-6-5-9-18(20)22-19-14-16-8-4-3-7-15(16)13-17(19)11-12-21(22)23;1-19(2)17-10-6-5-9-15(17)16-11-13-7-3-4-8-14(13)12-18(16)19;1-19(2)17-10-6-5-9-15(17)16-12-11-13-7-3-4-8-14(13)18(16)19;1-19(2)16-10-6-5-9-15(16)18-14-8-4-3-7-13(14)11-12-17(18)19;10*1-2/h2*3-14H,1-2H3;3*3-12H,1-2H3;10*1-2H3. The number of rotatable bonds is 0. The van der Waals surface area contributed by atoms with Crippen LogP contribution in [-0.2, 0) is 27.1 Å². The molecular formula is C123H144. The maximum atomic E-state index is 2.40. The third-order valence-corrected chi connectivity index (χ3v) is 24.2. The van der Waals surface area contributed by atoms with Gasteiger partial charge in [-0.2, -0.15) is 0 Å². The minimum atomic E-state index is 0.0752. The predicted molar refractivity (Wildman–Crippen MR) is 556 cm³/mol. The van der Waals surface area contributed by atoms with Crippen LogP contribution in [0.15, 0.2) is 328 Å². The Kier molecular flexibility index (Phi) is 34.4. The zero-order valence-corrected chi connectivity index (χ0v) is 80.7. The summed E-state index contributed by atoms with van der Waals surface area (Å²) in [7, 11) is 0. The molecule has 0 amide bonds. The Morgan fingerprint density at radius 1 is 0.130 bits per heavy atom. The van der Waals surface area contributed by atoms with E-state index in [9.17, 15) is 0 Å². The van der Waals surface area contributed by atoms with Gasteiger partial charge in [-0.3, -0.25) is 0 Å². The molecule has 5 aliphatic rings. The third-order valence-electron chi connectivity index (χ3n) is 24.2.